The van der Waals surface area contributed by atoms with E-state index in [4.69, 9.17) is 12.2 Å². The number of aliphatic hydroxyl groups is 1. The zero-order chi connectivity index (χ0) is 32.0. The van der Waals surface area contributed by atoms with Gasteiger partial charge < -0.3 is 15.3 Å². The molecule has 4 rings (SSSR count). The van der Waals surface area contributed by atoms with E-state index in [2.05, 4.69) is 15.3 Å². The summed E-state index contributed by atoms with van der Waals surface area (Å²) in [7, 11) is -4.06. The molecule has 2 N–H and O–H groups in total. The molecule has 0 aromatic carbocycles. The molecule has 1 amide bonds. The Balaban J connectivity index is 1.69. The van der Waals surface area contributed by atoms with Crippen molar-refractivity contribution < 1.29 is 44.7 Å². The van der Waals surface area contributed by atoms with Crippen LogP contribution in [0.15, 0.2) is 35.5 Å². The Labute approximate surface area is 249 Å². The number of rotatable bonds is 7. The Hall–Kier alpha value is -2.67. The summed E-state index contributed by atoms with van der Waals surface area (Å²) in [6.07, 6.45) is -6.74. The molecule has 0 saturated carbocycles. The number of anilines is 1. The molecule has 0 radical (unpaired) electrons. The zero-order valence-corrected chi connectivity index (χ0v) is 24.7. The molecule has 1 aromatic rings. The molecule has 2 atom stereocenters. The normalized spacial score (nSPS) is 23.5. The van der Waals surface area contributed by atoms with Gasteiger partial charge in [-0.2, -0.15) is 30.6 Å². The molecule has 1 aliphatic carbocycles. The molecule has 0 bridgehead atoms. The van der Waals surface area contributed by atoms with Crippen molar-refractivity contribution >= 4 is 39.0 Å². The van der Waals surface area contributed by atoms with Gasteiger partial charge in [-0.25, -0.2) is 18.4 Å². The predicted molar refractivity (Wildman–Crippen MR) is 147 cm³/mol. The van der Waals surface area contributed by atoms with E-state index in [9.17, 15) is 44.7 Å². The summed E-state index contributed by atoms with van der Waals surface area (Å²) >= 11 is 5.27. The Morgan fingerprint density at radius 1 is 1.09 bits per heavy atom. The van der Waals surface area contributed by atoms with Gasteiger partial charge in [-0.05, 0) is 12.0 Å². The summed E-state index contributed by atoms with van der Waals surface area (Å²) in [5, 5.41) is 12.5. The highest BCUT2D eigenvalue weighted by Crippen LogP contribution is 2.49. The standard InChI is InChI=1S/C25H30F6N6O4S2/c1-15(2)20-21(38)32-7-8-35(20)13-17-14-36(43(40,41)19-6-4-3-5-18(19)42)9-10-37(17)22-33-11-16(12-34-22)23(39,24(26,27)28)25(29,30)31/h3-4,6,11-12,15,17,20,39H,5,7-10,13-14H2,1-2H3,(H,32,38)/t17-,20+/m0/s1. The lowest BCUT2D eigenvalue weighted by Crippen LogP contribution is -2.64. The number of sulfonamides is 1. The van der Waals surface area contributed by atoms with Crippen LogP contribution in [0, 0.1) is 5.92 Å². The minimum atomic E-state index is -6.11. The van der Waals surface area contributed by atoms with Crippen molar-refractivity contribution in [1.82, 2.24) is 24.5 Å². The maximum atomic E-state index is 13.6. The Bertz CT molecular complexity index is 1380. The van der Waals surface area contributed by atoms with E-state index in [1.807, 2.05) is 18.7 Å². The van der Waals surface area contributed by atoms with E-state index in [1.165, 1.54) is 15.3 Å². The summed E-state index contributed by atoms with van der Waals surface area (Å²) in [5.74, 6) is -0.626. The second-order valence-corrected chi connectivity index (χ2v) is 13.1. The second kappa shape index (κ2) is 12.0. The van der Waals surface area contributed by atoms with Crippen LogP contribution in [0.3, 0.4) is 0 Å². The van der Waals surface area contributed by atoms with Crippen LogP contribution in [0.1, 0.15) is 25.8 Å². The van der Waals surface area contributed by atoms with E-state index in [0.29, 0.717) is 13.1 Å². The van der Waals surface area contributed by atoms with Crippen LogP contribution in [0.5, 0.6) is 0 Å². The zero-order valence-electron chi connectivity index (χ0n) is 23.1. The van der Waals surface area contributed by atoms with Gasteiger partial charge in [0.2, 0.25) is 21.9 Å². The number of hydrogen-bond acceptors (Lipinski definition) is 9. The lowest BCUT2D eigenvalue weighted by molar-refractivity contribution is -0.376. The Morgan fingerprint density at radius 2 is 1.72 bits per heavy atom. The average molecular weight is 657 g/mol. The number of aromatic nitrogens is 2. The molecule has 0 unspecified atom stereocenters. The Kier molecular flexibility index (Phi) is 9.29. The number of hydrogen-bond donors (Lipinski definition) is 2. The number of thiocarbonyl (C=S) groups is 1. The van der Waals surface area contributed by atoms with Crippen molar-refractivity contribution in [1.29, 1.82) is 0 Å². The predicted octanol–water partition coefficient (Wildman–Crippen LogP) is 2.28. The van der Waals surface area contributed by atoms with E-state index in [-0.39, 0.29) is 72.5 Å². The number of carbonyl (C=O) groups excluding carboxylic acids is 1. The van der Waals surface area contributed by atoms with E-state index in [1.54, 1.807) is 12.2 Å². The number of piperazine rings is 2. The molecule has 1 aromatic heterocycles. The van der Waals surface area contributed by atoms with Gasteiger partial charge in [-0.15, -0.1) is 0 Å². The van der Waals surface area contributed by atoms with Gasteiger partial charge in [-0.1, -0.05) is 38.2 Å². The molecule has 18 heteroatoms. The number of carbonyl (C=O) groups is 1. The quantitative estimate of drug-likeness (QED) is 0.337. The van der Waals surface area contributed by atoms with Gasteiger partial charge in [0.15, 0.2) is 0 Å². The van der Waals surface area contributed by atoms with Crippen LogP contribution >= 0.6 is 12.2 Å². The molecular weight excluding hydrogens is 626 g/mol. The molecule has 2 saturated heterocycles. The highest BCUT2D eigenvalue weighted by atomic mass is 32.2. The third kappa shape index (κ3) is 6.29. The minimum Gasteiger partial charge on any atom is -0.369 e. The van der Waals surface area contributed by atoms with Gasteiger partial charge in [0.25, 0.3) is 5.60 Å². The summed E-state index contributed by atoms with van der Waals surface area (Å²) in [5.41, 5.74) is -6.82. The molecular formula is C25H30F6N6O4S2. The molecule has 43 heavy (non-hydrogen) atoms. The molecule has 3 heterocycles. The van der Waals surface area contributed by atoms with Crippen LogP contribution < -0.4 is 10.2 Å². The van der Waals surface area contributed by atoms with Gasteiger partial charge >= 0.3 is 12.4 Å². The average Bonchev–Trinajstić information content (AvgIpc) is 2.91. The van der Waals surface area contributed by atoms with E-state index in [0.717, 1.165) is 0 Å². The van der Waals surface area contributed by atoms with E-state index < -0.39 is 45.6 Å². The molecule has 10 nitrogen and oxygen atoms in total. The van der Waals surface area contributed by atoms with Crippen LogP contribution in [0.4, 0.5) is 32.3 Å². The molecule has 238 valence electrons. The number of alkyl halides is 6. The smallest absolute Gasteiger partial charge is 0.369 e. The maximum Gasteiger partial charge on any atom is 0.430 e. The highest BCUT2D eigenvalue weighted by Gasteiger charge is 2.71. The Morgan fingerprint density at radius 3 is 2.28 bits per heavy atom. The first-order chi connectivity index (χ1) is 19.9. The summed E-state index contributed by atoms with van der Waals surface area (Å²) in [6, 6.07) is -1.34. The van der Waals surface area contributed by atoms with Crippen molar-refractivity contribution in [2.45, 2.75) is 50.3 Å². The van der Waals surface area contributed by atoms with Crippen LogP contribution in [0.2, 0.25) is 0 Å². The lowest BCUT2D eigenvalue weighted by Gasteiger charge is -2.45. The summed E-state index contributed by atoms with van der Waals surface area (Å²) in [6.45, 7) is 4.17. The SMILES string of the molecule is CC(C)[C@@H]1C(=O)NCCN1C[C@H]1CN(S(=O)(=O)C2=CC=CCC2=S)CCN1c1ncc(C(O)(C(F)(F)F)C(F)(F)F)cn1. The maximum absolute atomic E-state index is 13.6. The molecule has 3 aliphatic rings. The largest absolute Gasteiger partial charge is 0.430 e. The van der Waals surface area contributed by atoms with Gasteiger partial charge in [-0.3, -0.25) is 9.69 Å². The van der Waals surface area contributed by atoms with Crippen LogP contribution in [0.25, 0.3) is 0 Å². The number of nitrogens with one attached hydrogen (secondary N) is 1. The fourth-order valence-corrected chi connectivity index (χ4v) is 7.50. The topological polar surface area (TPSA) is 119 Å². The van der Waals surface area contributed by atoms with Crippen molar-refractivity contribution in [3.63, 3.8) is 0 Å². The number of allylic oxidation sites excluding steroid dienone is 4. The fourth-order valence-electron chi connectivity index (χ4n) is 5.43. The third-order valence-corrected chi connectivity index (χ3v) is 10.1. The molecule has 0 spiro atoms. The van der Waals surface area contributed by atoms with Crippen molar-refractivity contribution in [2.75, 3.05) is 44.2 Å². The number of amides is 1. The van der Waals surface area contributed by atoms with Crippen molar-refractivity contribution in [3.8, 4) is 0 Å². The molecule has 2 fully saturated rings. The van der Waals surface area contributed by atoms with Crippen LogP contribution in [-0.2, 0) is 20.4 Å². The number of halogens is 6. The summed E-state index contributed by atoms with van der Waals surface area (Å²) < 4.78 is 109. The number of nitrogens with zero attached hydrogens (tertiary/aromatic N) is 5. The fraction of sp³-hybridized carbons (Fsp3) is 0.600. The summed E-state index contributed by atoms with van der Waals surface area (Å²) in [4.78, 5) is 23.7. The van der Waals surface area contributed by atoms with Crippen molar-refractivity contribution in [3.05, 3.63) is 41.1 Å². The first-order valence-electron chi connectivity index (χ1n) is 13.3. The van der Waals surface area contributed by atoms with Crippen LogP contribution in [-0.4, -0.2) is 107 Å². The van der Waals surface area contributed by atoms with Gasteiger partial charge in [0.1, 0.15) is 0 Å². The van der Waals surface area contributed by atoms with Crippen molar-refractivity contribution in [2.24, 2.45) is 5.92 Å². The van der Waals surface area contributed by atoms with Gasteiger partial charge in [0, 0.05) is 68.5 Å². The second-order valence-electron chi connectivity index (χ2n) is 10.7. The highest BCUT2D eigenvalue weighted by molar-refractivity contribution is 7.96. The minimum absolute atomic E-state index is 0.0335. The first kappa shape index (κ1) is 33.2. The van der Waals surface area contributed by atoms with E-state index >= 15 is 0 Å². The lowest BCUT2D eigenvalue weighted by atomic mass is 9.95. The first-order valence-corrected chi connectivity index (χ1v) is 15.1. The molecule has 2 aliphatic heterocycles. The third-order valence-electron chi connectivity index (χ3n) is 7.60. The van der Waals surface area contributed by atoms with Gasteiger partial charge in [0.05, 0.1) is 17.0 Å². The monoisotopic (exact) mass is 656 g/mol.